The molecular formula is C14H12BrNO4. The standard InChI is InChI=1S/C14H12BrNO4/c1-2-19-11-5-3-4-6-12(11)20-13-10(14(17)18)7-9(15)8-16-13/h3-8H,2H2,1H3,(H,17,18). The molecule has 0 atom stereocenters. The summed E-state index contributed by atoms with van der Waals surface area (Å²) in [6.45, 7) is 2.34. The van der Waals surface area contributed by atoms with Crippen LogP contribution in [0.1, 0.15) is 17.3 Å². The van der Waals surface area contributed by atoms with Gasteiger partial charge in [0, 0.05) is 10.7 Å². The number of pyridine rings is 1. The van der Waals surface area contributed by atoms with E-state index in [4.69, 9.17) is 14.6 Å². The lowest BCUT2D eigenvalue weighted by molar-refractivity contribution is 0.0693. The van der Waals surface area contributed by atoms with Crippen LogP contribution in [0, 0.1) is 0 Å². The first-order valence-electron chi connectivity index (χ1n) is 5.90. The van der Waals surface area contributed by atoms with E-state index in [2.05, 4.69) is 20.9 Å². The Morgan fingerprint density at radius 2 is 2.05 bits per heavy atom. The van der Waals surface area contributed by atoms with Gasteiger partial charge in [-0.05, 0) is 41.1 Å². The highest BCUT2D eigenvalue weighted by Crippen LogP contribution is 2.32. The molecule has 20 heavy (non-hydrogen) atoms. The molecule has 104 valence electrons. The molecular weight excluding hydrogens is 326 g/mol. The number of nitrogens with zero attached hydrogens (tertiary/aromatic N) is 1. The van der Waals surface area contributed by atoms with Crippen molar-refractivity contribution in [2.45, 2.75) is 6.92 Å². The molecule has 0 aliphatic rings. The second kappa shape index (κ2) is 6.38. The number of carbonyl (C=O) groups is 1. The smallest absolute Gasteiger partial charge is 0.341 e. The van der Waals surface area contributed by atoms with Crippen LogP contribution in [0.4, 0.5) is 0 Å². The number of carboxylic acids is 1. The van der Waals surface area contributed by atoms with Crippen molar-refractivity contribution < 1.29 is 19.4 Å². The van der Waals surface area contributed by atoms with E-state index >= 15 is 0 Å². The number of hydrogen-bond acceptors (Lipinski definition) is 4. The van der Waals surface area contributed by atoms with E-state index in [1.54, 1.807) is 18.2 Å². The van der Waals surface area contributed by atoms with Crippen LogP contribution in [-0.2, 0) is 0 Å². The van der Waals surface area contributed by atoms with Crippen molar-refractivity contribution in [3.8, 4) is 17.4 Å². The molecule has 1 aromatic carbocycles. The van der Waals surface area contributed by atoms with Crippen LogP contribution in [0.15, 0.2) is 41.0 Å². The first kappa shape index (κ1) is 14.3. The molecule has 0 aliphatic carbocycles. The molecule has 0 amide bonds. The summed E-state index contributed by atoms with van der Waals surface area (Å²) in [4.78, 5) is 15.2. The predicted molar refractivity (Wildman–Crippen MR) is 76.6 cm³/mol. The highest BCUT2D eigenvalue weighted by atomic mass is 79.9. The lowest BCUT2D eigenvalue weighted by atomic mass is 10.2. The highest BCUT2D eigenvalue weighted by Gasteiger charge is 2.16. The van der Waals surface area contributed by atoms with Crippen LogP contribution < -0.4 is 9.47 Å². The number of ether oxygens (including phenoxy) is 2. The minimum atomic E-state index is -1.11. The van der Waals surface area contributed by atoms with Crippen LogP contribution in [0.2, 0.25) is 0 Å². The lowest BCUT2D eigenvalue weighted by Crippen LogP contribution is -2.03. The zero-order valence-corrected chi connectivity index (χ0v) is 12.3. The van der Waals surface area contributed by atoms with E-state index in [1.807, 2.05) is 13.0 Å². The van der Waals surface area contributed by atoms with Crippen LogP contribution >= 0.6 is 15.9 Å². The fourth-order valence-electron chi connectivity index (χ4n) is 1.57. The van der Waals surface area contributed by atoms with E-state index < -0.39 is 5.97 Å². The Hall–Kier alpha value is -2.08. The van der Waals surface area contributed by atoms with Crippen molar-refractivity contribution in [2.24, 2.45) is 0 Å². The van der Waals surface area contributed by atoms with Crippen LogP contribution in [0.3, 0.4) is 0 Å². The molecule has 0 spiro atoms. The molecule has 0 bridgehead atoms. The number of para-hydroxylation sites is 2. The second-order valence-electron chi connectivity index (χ2n) is 3.79. The summed E-state index contributed by atoms with van der Waals surface area (Å²) in [5.74, 6) is -0.127. The van der Waals surface area contributed by atoms with Gasteiger partial charge in [0.25, 0.3) is 0 Å². The Kier molecular flexibility index (Phi) is 4.57. The summed E-state index contributed by atoms with van der Waals surface area (Å²) in [5, 5.41) is 9.17. The quantitative estimate of drug-likeness (QED) is 0.900. The normalized spacial score (nSPS) is 10.1. The van der Waals surface area contributed by atoms with Gasteiger partial charge < -0.3 is 14.6 Å². The minimum Gasteiger partial charge on any atom is -0.490 e. The maximum Gasteiger partial charge on any atom is 0.341 e. The second-order valence-corrected chi connectivity index (χ2v) is 4.71. The maximum atomic E-state index is 11.2. The average Bonchev–Trinajstić information content (AvgIpc) is 2.43. The summed E-state index contributed by atoms with van der Waals surface area (Å²) in [5.41, 5.74) is -0.0225. The third-order valence-corrected chi connectivity index (χ3v) is 2.84. The molecule has 0 unspecified atom stereocenters. The van der Waals surface area contributed by atoms with Crippen molar-refractivity contribution in [2.75, 3.05) is 6.61 Å². The summed E-state index contributed by atoms with van der Waals surface area (Å²) < 4.78 is 11.6. The van der Waals surface area contributed by atoms with Gasteiger partial charge in [-0.15, -0.1) is 0 Å². The molecule has 1 N–H and O–H groups in total. The molecule has 0 saturated carbocycles. The van der Waals surface area contributed by atoms with Crippen LogP contribution in [0.25, 0.3) is 0 Å². The topological polar surface area (TPSA) is 68.7 Å². The molecule has 2 aromatic rings. The van der Waals surface area contributed by atoms with Gasteiger partial charge in [-0.3, -0.25) is 0 Å². The maximum absolute atomic E-state index is 11.2. The predicted octanol–water partition coefficient (Wildman–Crippen LogP) is 3.73. The molecule has 5 nitrogen and oxygen atoms in total. The molecule has 0 fully saturated rings. The van der Waals surface area contributed by atoms with Crippen molar-refractivity contribution in [1.29, 1.82) is 0 Å². The molecule has 0 radical (unpaired) electrons. The van der Waals surface area contributed by atoms with Gasteiger partial charge in [-0.1, -0.05) is 12.1 Å². The van der Waals surface area contributed by atoms with Gasteiger partial charge in [0.2, 0.25) is 5.88 Å². The van der Waals surface area contributed by atoms with Gasteiger partial charge in [0.05, 0.1) is 6.61 Å². The van der Waals surface area contributed by atoms with Crippen molar-refractivity contribution in [3.05, 3.63) is 46.6 Å². The Morgan fingerprint density at radius 3 is 2.70 bits per heavy atom. The number of benzene rings is 1. The first-order chi connectivity index (χ1) is 9.61. The van der Waals surface area contributed by atoms with Gasteiger partial charge in [0.15, 0.2) is 11.5 Å². The highest BCUT2D eigenvalue weighted by molar-refractivity contribution is 9.10. The number of halogens is 1. The lowest BCUT2D eigenvalue weighted by Gasteiger charge is -2.12. The Bertz CT molecular complexity index is 630. The van der Waals surface area contributed by atoms with Crippen LogP contribution in [-0.4, -0.2) is 22.7 Å². The van der Waals surface area contributed by atoms with Gasteiger partial charge in [0.1, 0.15) is 5.56 Å². The Balaban J connectivity index is 2.37. The zero-order valence-electron chi connectivity index (χ0n) is 10.7. The number of aromatic carboxylic acids is 1. The molecule has 2 rings (SSSR count). The molecule has 0 aliphatic heterocycles. The van der Waals surface area contributed by atoms with Crippen molar-refractivity contribution >= 4 is 21.9 Å². The number of carboxylic acid groups (broad SMARTS) is 1. The zero-order chi connectivity index (χ0) is 14.5. The summed E-state index contributed by atoms with van der Waals surface area (Å²) in [6, 6.07) is 8.47. The summed E-state index contributed by atoms with van der Waals surface area (Å²) in [6.07, 6.45) is 1.48. The molecule has 1 heterocycles. The SMILES string of the molecule is CCOc1ccccc1Oc1ncc(Br)cc1C(=O)O. The van der Waals surface area contributed by atoms with E-state index in [0.29, 0.717) is 22.6 Å². The van der Waals surface area contributed by atoms with Crippen molar-refractivity contribution in [1.82, 2.24) is 4.98 Å². The molecule has 1 aromatic heterocycles. The third-order valence-electron chi connectivity index (χ3n) is 2.40. The average molecular weight is 338 g/mol. The van der Waals surface area contributed by atoms with Gasteiger partial charge >= 0.3 is 5.97 Å². The molecule has 6 heteroatoms. The number of rotatable bonds is 5. The van der Waals surface area contributed by atoms with E-state index in [9.17, 15) is 4.79 Å². The van der Waals surface area contributed by atoms with Crippen LogP contribution in [0.5, 0.6) is 17.4 Å². The Morgan fingerprint density at radius 1 is 1.35 bits per heavy atom. The monoisotopic (exact) mass is 337 g/mol. The van der Waals surface area contributed by atoms with E-state index in [1.165, 1.54) is 12.3 Å². The Labute approximate surface area is 124 Å². The fraction of sp³-hybridized carbons (Fsp3) is 0.143. The molecule has 0 saturated heterocycles. The number of aromatic nitrogens is 1. The first-order valence-corrected chi connectivity index (χ1v) is 6.69. The van der Waals surface area contributed by atoms with Gasteiger partial charge in [-0.2, -0.15) is 0 Å². The fourth-order valence-corrected chi connectivity index (χ4v) is 1.91. The largest absolute Gasteiger partial charge is 0.490 e. The summed E-state index contributed by atoms with van der Waals surface area (Å²) in [7, 11) is 0. The van der Waals surface area contributed by atoms with E-state index in [-0.39, 0.29) is 11.4 Å². The summed E-state index contributed by atoms with van der Waals surface area (Å²) >= 11 is 3.18. The number of hydrogen-bond donors (Lipinski definition) is 1. The minimum absolute atomic E-state index is 0.0212. The third kappa shape index (κ3) is 3.27. The van der Waals surface area contributed by atoms with E-state index in [0.717, 1.165) is 0 Å². The van der Waals surface area contributed by atoms with Gasteiger partial charge in [-0.25, -0.2) is 9.78 Å². The van der Waals surface area contributed by atoms with Crippen molar-refractivity contribution in [3.63, 3.8) is 0 Å².